The first-order valence-corrected chi connectivity index (χ1v) is 8.52. The maximum absolute atomic E-state index is 5.93. The summed E-state index contributed by atoms with van der Waals surface area (Å²) < 4.78 is 7.87. The van der Waals surface area contributed by atoms with Crippen LogP contribution < -0.4 is 5.32 Å². The van der Waals surface area contributed by atoms with Gasteiger partial charge in [-0.15, -0.1) is 0 Å². The lowest BCUT2D eigenvalue weighted by Gasteiger charge is -2.31. The van der Waals surface area contributed by atoms with Gasteiger partial charge in [0.25, 0.3) is 0 Å². The lowest BCUT2D eigenvalue weighted by Crippen LogP contribution is -2.38. The third kappa shape index (κ3) is 3.20. The van der Waals surface area contributed by atoms with Crippen LogP contribution in [0.4, 0.5) is 5.82 Å². The normalized spacial score (nSPS) is 18.7. The molecule has 1 aliphatic rings. The molecular weight excluding hydrogens is 320 g/mol. The number of ether oxygens (including phenoxy) is 1. The third-order valence-electron chi connectivity index (χ3n) is 4.38. The van der Waals surface area contributed by atoms with Crippen molar-refractivity contribution in [2.75, 3.05) is 32.1 Å². The van der Waals surface area contributed by atoms with Gasteiger partial charge < -0.3 is 15.0 Å². The largest absolute Gasteiger partial charge is 0.371 e. The summed E-state index contributed by atoms with van der Waals surface area (Å²) in [6.07, 6.45) is 3.47. The molecule has 1 fully saturated rings. The third-order valence-corrected chi connectivity index (χ3v) is 4.38. The zero-order chi connectivity index (χ0) is 17.2. The minimum Gasteiger partial charge on any atom is -0.371 e. The van der Waals surface area contributed by atoms with Gasteiger partial charge in [-0.25, -0.2) is 15.0 Å². The van der Waals surface area contributed by atoms with Crippen LogP contribution in [0.25, 0.3) is 11.2 Å². The van der Waals surface area contributed by atoms with Crippen LogP contribution in [0.2, 0.25) is 0 Å². The number of anilines is 1. The van der Waals surface area contributed by atoms with E-state index in [4.69, 9.17) is 4.74 Å². The number of H-pyrrole nitrogens is 1. The molecule has 2 N–H and O–H groups in total. The molecule has 0 aromatic carbocycles. The molecule has 132 valence electrons. The molecule has 9 nitrogen and oxygen atoms in total. The number of nitrogens with one attached hydrogen (secondary N) is 2. The Bertz CT molecular complexity index is 857. The van der Waals surface area contributed by atoms with Crippen LogP contribution in [0.15, 0.2) is 18.6 Å². The average Bonchev–Trinajstić information content (AvgIpc) is 3.30. The van der Waals surface area contributed by atoms with Crippen molar-refractivity contribution in [3.8, 4) is 0 Å². The highest BCUT2D eigenvalue weighted by Gasteiger charge is 2.26. The summed E-state index contributed by atoms with van der Waals surface area (Å²) in [4.78, 5) is 18.8. The summed E-state index contributed by atoms with van der Waals surface area (Å²) in [5, 5.41) is 7.65. The minimum absolute atomic E-state index is 0.171. The van der Waals surface area contributed by atoms with Crippen LogP contribution in [-0.4, -0.2) is 61.4 Å². The molecule has 3 aromatic heterocycles. The van der Waals surface area contributed by atoms with Gasteiger partial charge in [-0.2, -0.15) is 5.10 Å². The monoisotopic (exact) mass is 342 g/mol. The fourth-order valence-electron chi connectivity index (χ4n) is 3.07. The zero-order valence-corrected chi connectivity index (χ0v) is 14.4. The molecule has 1 unspecified atom stereocenters. The molecule has 4 heterocycles. The molecule has 25 heavy (non-hydrogen) atoms. The number of hydrogen-bond acceptors (Lipinski definition) is 7. The number of fused-ring (bicyclic) bond motifs is 1. The molecule has 1 saturated heterocycles. The zero-order valence-electron chi connectivity index (χ0n) is 14.4. The molecular formula is C16H22N8O. The molecule has 4 rings (SSSR count). The predicted octanol–water partition coefficient (Wildman–Crippen LogP) is 1.18. The van der Waals surface area contributed by atoms with Crippen molar-refractivity contribution in [2.45, 2.75) is 26.1 Å². The summed E-state index contributed by atoms with van der Waals surface area (Å²) in [6, 6.07) is 2.07. The van der Waals surface area contributed by atoms with Gasteiger partial charge in [-0.3, -0.25) is 9.58 Å². The summed E-state index contributed by atoms with van der Waals surface area (Å²) in [5.41, 5.74) is 2.53. The van der Waals surface area contributed by atoms with Crippen LogP contribution in [-0.2, 0) is 17.8 Å². The number of aryl methyl sites for hydroxylation is 1. The fourth-order valence-corrected chi connectivity index (χ4v) is 3.07. The summed E-state index contributed by atoms with van der Waals surface area (Å²) >= 11 is 0. The van der Waals surface area contributed by atoms with Crippen molar-refractivity contribution in [1.82, 2.24) is 34.6 Å². The Morgan fingerprint density at radius 1 is 1.40 bits per heavy atom. The highest BCUT2D eigenvalue weighted by molar-refractivity contribution is 5.82. The lowest BCUT2D eigenvalue weighted by atomic mass is 10.2. The highest BCUT2D eigenvalue weighted by Crippen LogP contribution is 2.24. The van der Waals surface area contributed by atoms with E-state index in [2.05, 4.69) is 48.2 Å². The van der Waals surface area contributed by atoms with Crippen LogP contribution in [0.1, 0.15) is 24.5 Å². The second kappa shape index (κ2) is 6.77. The van der Waals surface area contributed by atoms with Gasteiger partial charge in [0, 0.05) is 39.4 Å². The summed E-state index contributed by atoms with van der Waals surface area (Å²) in [6.45, 7) is 6.03. The second-order valence-corrected chi connectivity index (χ2v) is 6.04. The van der Waals surface area contributed by atoms with Crippen LogP contribution in [0, 0.1) is 0 Å². The van der Waals surface area contributed by atoms with Crippen LogP contribution in [0.5, 0.6) is 0 Å². The van der Waals surface area contributed by atoms with Gasteiger partial charge in [0.05, 0.1) is 18.6 Å². The first-order chi connectivity index (χ1) is 12.3. The maximum atomic E-state index is 5.93. The Balaban J connectivity index is 1.52. The Kier molecular flexibility index (Phi) is 4.33. The molecule has 1 atom stereocenters. The Morgan fingerprint density at radius 2 is 2.32 bits per heavy atom. The second-order valence-electron chi connectivity index (χ2n) is 6.04. The van der Waals surface area contributed by atoms with Crippen molar-refractivity contribution in [3.05, 3.63) is 30.1 Å². The number of nitrogens with zero attached hydrogens (tertiary/aromatic N) is 6. The highest BCUT2D eigenvalue weighted by atomic mass is 16.5. The van der Waals surface area contributed by atoms with Gasteiger partial charge in [-0.05, 0) is 13.0 Å². The van der Waals surface area contributed by atoms with Gasteiger partial charge in [0.15, 0.2) is 17.3 Å². The molecule has 9 heteroatoms. The first kappa shape index (κ1) is 16.0. The maximum Gasteiger partial charge on any atom is 0.183 e. The van der Waals surface area contributed by atoms with Gasteiger partial charge in [-0.1, -0.05) is 0 Å². The van der Waals surface area contributed by atoms with Gasteiger partial charge >= 0.3 is 0 Å². The molecule has 1 aliphatic heterocycles. The molecule has 0 amide bonds. The van der Waals surface area contributed by atoms with Crippen molar-refractivity contribution in [2.24, 2.45) is 0 Å². The topological polar surface area (TPSA) is 96.8 Å². The first-order valence-electron chi connectivity index (χ1n) is 8.52. The van der Waals surface area contributed by atoms with Crippen molar-refractivity contribution in [1.29, 1.82) is 0 Å². The smallest absolute Gasteiger partial charge is 0.183 e. The standard InChI is InChI=1S/C16H22N8O/c1-3-24-5-4-11(22-24)8-23-6-7-25-12(9-23)14-20-15(17-2)13-16(21-14)19-10-18-13/h4-5,10,12H,3,6-9H2,1-2H3,(H2,17,18,19,20,21). The SMILES string of the molecule is CCn1ccc(CN2CCOC(c3nc(NC)c4[nH]cnc4n3)C2)n1. The van der Waals surface area contributed by atoms with E-state index in [1.807, 2.05) is 17.9 Å². The number of hydrogen-bond donors (Lipinski definition) is 2. The molecule has 0 saturated carbocycles. The van der Waals surface area contributed by atoms with Crippen molar-refractivity contribution >= 4 is 17.0 Å². The number of imidazole rings is 1. The Labute approximate surface area is 145 Å². The predicted molar refractivity (Wildman–Crippen MR) is 93.1 cm³/mol. The summed E-state index contributed by atoms with van der Waals surface area (Å²) in [7, 11) is 1.84. The van der Waals surface area contributed by atoms with Gasteiger partial charge in [0.1, 0.15) is 11.6 Å². The van der Waals surface area contributed by atoms with E-state index in [9.17, 15) is 0 Å². The van der Waals surface area contributed by atoms with E-state index in [0.717, 1.165) is 43.2 Å². The van der Waals surface area contributed by atoms with E-state index < -0.39 is 0 Å². The molecule has 3 aromatic rings. The minimum atomic E-state index is -0.171. The van der Waals surface area contributed by atoms with E-state index in [-0.39, 0.29) is 6.10 Å². The lowest BCUT2D eigenvalue weighted by molar-refractivity contribution is -0.0374. The quantitative estimate of drug-likeness (QED) is 0.719. The molecule has 0 radical (unpaired) electrons. The van der Waals surface area contributed by atoms with Crippen LogP contribution >= 0.6 is 0 Å². The number of aromatic nitrogens is 6. The van der Waals surface area contributed by atoms with E-state index in [1.54, 1.807) is 6.33 Å². The van der Waals surface area contributed by atoms with E-state index in [1.165, 1.54) is 0 Å². The Hall–Kier alpha value is -2.52. The van der Waals surface area contributed by atoms with E-state index >= 15 is 0 Å². The number of aromatic amines is 1. The molecule has 0 bridgehead atoms. The van der Waals surface area contributed by atoms with Crippen molar-refractivity contribution < 1.29 is 4.74 Å². The van der Waals surface area contributed by atoms with Crippen molar-refractivity contribution in [3.63, 3.8) is 0 Å². The average molecular weight is 342 g/mol. The summed E-state index contributed by atoms with van der Waals surface area (Å²) in [5.74, 6) is 1.40. The van der Waals surface area contributed by atoms with Gasteiger partial charge in [0.2, 0.25) is 0 Å². The number of rotatable bonds is 5. The van der Waals surface area contributed by atoms with E-state index in [0.29, 0.717) is 18.1 Å². The fraction of sp³-hybridized carbons (Fsp3) is 0.500. The molecule has 0 spiro atoms. The van der Waals surface area contributed by atoms with Crippen LogP contribution in [0.3, 0.4) is 0 Å². The molecule has 0 aliphatic carbocycles. The Morgan fingerprint density at radius 3 is 3.12 bits per heavy atom. The number of morpholine rings is 1.